The minimum absolute atomic E-state index is 0.00744. The van der Waals surface area contributed by atoms with Crippen LogP contribution in [0.25, 0.3) is 0 Å². The van der Waals surface area contributed by atoms with Crippen molar-refractivity contribution in [3.63, 3.8) is 0 Å². The van der Waals surface area contributed by atoms with E-state index in [0.717, 1.165) is 10.5 Å². The molecule has 1 fully saturated rings. The highest BCUT2D eigenvalue weighted by atomic mass is 35.5. The molecule has 2 N–H and O–H groups in total. The summed E-state index contributed by atoms with van der Waals surface area (Å²) in [5, 5.41) is 4.73. The van der Waals surface area contributed by atoms with Crippen molar-refractivity contribution < 1.29 is 33.4 Å². The number of β-lactam (4-membered cyclic amide) rings is 1. The molecule has 3 atom stereocenters. The summed E-state index contributed by atoms with van der Waals surface area (Å²) in [6, 6.07) is 23.8. The van der Waals surface area contributed by atoms with Crippen molar-refractivity contribution in [2.75, 3.05) is 12.4 Å². The fraction of sp³-hybridized carbons (Fsp3) is 0.194. The summed E-state index contributed by atoms with van der Waals surface area (Å²) < 4.78 is 10.5. The van der Waals surface area contributed by atoms with Crippen molar-refractivity contribution in [3.05, 3.63) is 118 Å². The molecule has 3 aromatic rings. The van der Waals surface area contributed by atoms with Gasteiger partial charge >= 0.3 is 12.1 Å². The van der Waals surface area contributed by atoms with E-state index in [1.54, 1.807) is 72.8 Å². The first-order valence-electron chi connectivity index (χ1n) is 13.2. The number of alkyl carbamates (subject to hydrolysis) is 1. The quantitative estimate of drug-likeness (QED) is 0.198. The van der Waals surface area contributed by atoms with E-state index in [2.05, 4.69) is 10.6 Å². The highest BCUT2D eigenvalue weighted by Gasteiger charge is 2.54. The van der Waals surface area contributed by atoms with E-state index < -0.39 is 53.7 Å². The lowest BCUT2D eigenvalue weighted by molar-refractivity contribution is -0.152. The summed E-state index contributed by atoms with van der Waals surface area (Å²) in [6.45, 7) is -0.519. The molecule has 2 aliphatic heterocycles. The molecule has 0 radical (unpaired) electrons. The molecule has 1 saturated heterocycles. The Hall–Kier alpha value is -4.61. The molecule has 2 aliphatic rings. The lowest BCUT2D eigenvalue weighted by Crippen LogP contribution is -2.71. The lowest BCUT2D eigenvalue weighted by Gasteiger charge is -2.49. The van der Waals surface area contributed by atoms with Crippen LogP contribution in [0, 0.1) is 0 Å². The maximum Gasteiger partial charge on any atom is 0.408 e. The number of nitrogens with one attached hydrogen (secondary N) is 2. The molecule has 0 bridgehead atoms. The molecule has 5 rings (SSSR count). The number of ketones is 1. The number of nitrogens with zero attached hydrogens (tertiary/aromatic N) is 1. The molecular formula is C31H26ClN3O7S. The van der Waals surface area contributed by atoms with Crippen molar-refractivity contribution in [1.82, 2.24) is 15.5 Å². The Morgan fingerprint density at radius 2 is 1.53 bits per heavy atom. The number of carbonyl (C=O) groups is 5. The average Bonchev–Trinajstić information content (AvgIpc) is 3.04. The molecule has 3 amide bonds. The molecule has 220 valence electrons. The Bertz CT molecular complexity index is 1550. The van der Waals surface area contributed by atoms with Crippen molar-refractivity contribution in [2.45, 2.75) is 24.1 Å². The monoisotopic (exact) mass is 619 g/mol. The third-order valence-electron chi connectivity index (χ3n) is 6.71. The van der Waals surface area contributed by atoms with Crippen LogP contribution in [0.15, 0.2) is 102 Å². The summed E-state index contributed by atoms with van der Waals surface area (Å²) in [6.07, 6.45) is -0.814. The van der Waals surface area contributed by atoms with E-state index >= 15 is 0 Å². The Morgan fingerprint density at radius 1 is 0.907 bits per heavy atom. The molecular weight excluding hydrogens is 594 g/mol. The van der Waals surface area contributed by atoms with Crippen LogP contribution in [-0.2, 0) is 30.5 Å². The number of hydrogen-bond acceptors (Lipinski definition) is 8. The zero-order valence-electron chi connectivity index (χ0n) is 22.6. The summed E-state index contributed by atoms with van der Waals surface area (Å²) in [5.74, 6) is -2.36. The predicted molar refractivity (Wildman–Crippen MR) is 159 cm³/mol. The maximum atomic E-state index is 13.4. The molecule has 3 aromatic carbocycles. The van der Waals surface area contributed by atoms with Gasteiger partial charge in [-0.3, -0.25) is 19.3 Å². The number of carbonyl (C=O) groups excluding carboxylic acids is 5. The van der Waals surface area contributed by atoms with Crippen LogP contribution in [0.1, 0.15) is 27.5 Å². The van der Waals surface area contributed by atoms with Gasteiger partial charge in [-0.2, -0.15) is 0 Å². The van der Waals surface area contributed by atoms with Gasteiger partial charge in [-0.1, -0.05) is 103 Å². The first-order valence-corrected chi connectivity index (χ1v) is 14.7. The van der Waals surface area contributed by atoms with Crippen molar-refractivity contribution in [1.29, 1.82) is 0 Å². The number of halogens is 1. The van der Waals surface area contributed by atoms with Gasteiger partial charge in [0, 0.05) is 11.3 Å². The first kappa shape index (κ1) is 29.9. The van der Waals surface area contributed by atoms with Crippen LogP contribution in [0.4, 0.5) is 4.79 Å². The Kier molecular flexibility index (Phi) is 9.43. The maximum absolute atomic E-state index is 13.4. The second kappa shape index (κ2) is 13.6. The molecule has 2 heterocycles. The second-order valence-corrected chi connectivity index (χ2v) is 11.1. The summed E-state index contributed by atoms with van der Waals surface area (Å²) >= 11 is 7.57. The largest absolute Gasteiger partial charge is 0.453 e. The zero-order chi connectivity index (χ0) is 30.3. The predicted octanol–water partition coefficient (Wildman–Crippen LogP) is 3.93. The number of benzene rings is 3. The van der Waals surface area contributed by atoms with E-state index in [1.165, 1.54) is 11.8 Å². The normalized spacial score (nSPS) is 18.1. The number of hydrogen-bond donors (Lipinski definition) is 2. The van der Waals surface area contributed by atoms with Crippen LogP contribution in [0.3, 0.4) is 0 Å². The lowest BCUT2D eigenvalue weighted by atomic mass is 10.0. The Labute approximate surface area is 256 Å². The molecule has 43 heavy (non-hydrogen) atoms. The van der Waals surface area contributed by atoms with E-state index in [4.69, 9.17) is 21.1 Å². The highest BCUT2D eigenvalue weighted by Crippen LogP contribution is 2.41. The third-order valence-corrected chi connectivity index (χ3v) is 8.46. The minimum atomic E-state index is -1.16. The average molecular weight is 620 g/mol. The van der Waals surface area contributed by atoms with E-state index in [0.29, 0.717) is 11.1 Å². The molecule has 0 saturated carbocycles. The third kappa shape index (κ3) is 6.90. The molecule has 10 nitrogen and oxygen atoms in total. The summed E-state index contributed by atoms with van der Waals surface area (Å²) in [5.41, 5.74) is 1.47. The van der Waals surface area contributed by atoms with Crippen LogP contribution in [0.5, 0.6) is 0 Å². The van der Waals surface area contributed by atoms with Crippen molar-refractivity contribution >= 4 is 53.0 Å². The summed E-state index contributed by atoms with van der Waals surface area (Å²) in [4.78, 5) is 65.7. The fourth-order valence-corrected chi connectivity index (χ4v) is 6.09. The summed E-state index contributed by atoms with van der Waals surface area (Å²) in [7, 11) is 0. The van der Waals surface area contributed by atoms with Crippen molar-refractivity contribution in [2.24, 2.45) is 0 Å². The van der Waals surface area contributed by atoms with Gasteiger partial charge in [0.15, 0.2) is 12.4 Å². The van der Waals surface area contributed by atoms with Crippen LogP contribution in [-0.4, -0.2) is 58.3 Å². The van der Waals surface area contributed by atoms with Gasteiger partial charge in [0.2, 0.25) is 5.91 Å². The van der Waals surface area contributed by atoms with Crippen LogP contribution < -0.4 is 10.6 Å². The van der Waals surface area contributed by atoms with Crippen LogP contribution >= 0.6 is 23.4 Å². The number of ether oxygens (including phenoxy) is 2. The number of amides is 3. The van der Waals surface area contributed by atoms with Gasteiger partial charge in [0.25, 0.3) is 5.91 Å². The van der Waals surface area contributed by atoms with Gasteiger partial charge < -0.3 is 20.1 Å². The second-order valence-electron chi connectivity index (χ2n) is 9.56. The van der Waals surface area contributed by atoms with Crippen LogP contribution in [0.2, 0.25) is 0 Å². The van der Waals surface area contributed by atoms with E-state index in [-0.39, 0.29) is 23.1 Å². The molecule has 0 unspecified atom stereocenters. The zero-order valence-corrected chi connectivity index (χ0v) is 24.2. The topological polar surface area (TPSA) is 131 Å². The van der Waals surface area contributed by atoms with E-state index in [9.17, 15) is 24.0 Å². The molecule has 0 aromatic heterocycles. The Balaban J connectivity index is 1.23. The molecule has 12 heteroatoms. The highest BCUT2D eigenvalue weighted by molar-refractivity contribution is 8.00. The van der Waals surface area contributed by atoms with Gasteiger partial charge in [-0.05, 0) is 11.1 Å². The Morgan fingerprint density at radius 3 is 2.21 bits per heavy atom. The smallest absolute Gasteiger partial charge is 0.408 e. The standard InChI is InChI=1S/C31H26ClN3O7S/c32-22-18-43-29-25(28(38)35(29)26(22)30(39)41-17-23(36)20-12-6-2-7-13-20)33-27(37)24(21-14-8-3-9-15-21)34-31(40)42-16-19-10-4-1-5-11-19/h1-15,24-25,29H,16-18H2,(H,33,37)(H,34,40)/t24-,25-,29-/m1/s1. The van der Waals surface area contributed by atoms with Gasteiger partial charge in [-0.15, -0.1) is 11.8 Å². The minimum Gasteiger partial charge on any atom is -0.453 e. The van der Waals surface area contributed by atoms with E-state index in [1.807, 2.05) is 18.2 Å². The number of esters is 1. The van der Waals surface area contributed by atoms with Gasteiger partial charge in [-0.25, -0.2) is 9.59 Å². The first-order chi connectivity index (χ1) is 20.8. The number of fused-ring (bicyclic) bond motifs is 1. The number of Topliss-reactive ketones (excluding diaryl/α,β-unsaturated/α-hetero) is 1. The number of rotatable bonds is 10. The SMILES string of the molecule is O=C(N[C@@H](C(=O)N[C@@H]1C(=O)N2C(C(=O)OCC(=O)c3ccccc3)=C(Cl)CS[C@H]12)c1ccccc1)OCc1ccccc1. The molecule has 0 aliphatic carbocycles. The molecule has 0 spiro atoms. The fourth-order valence-electron chi connectivity index (χ4n) is 4.54. The van der Waals surface area contributed by atoms with Gasteiger partial charge in [0.05, 0.1) is 5.03 Å². The van der Waals surface area contributed by atoms with Crippen molar-refractivity contribution in [3.8, 4) is 0 Å². The number of thioether (sulfide) groups is 1. The van der Waals surface area contributed by atoms with Gasteiger partial charge in [0.1, 0.15) is 29.8 Å².